The van der Waals surface area contributed by atoms with Gasteiger partial charge in [-0.1, -0.05) is 0 Å². The number of rotatable bonds is 1. The lowest BCUT2D eigenvalue weighted by Crippen LogP contribution is -2.10. The Balaban J connectivity index is 0. The van der Waals surface area contributed by atoms with Gasteiger partial charge in [0.15, 0.2) is 0 Å². The van der Waals surface area contributed by atoms with Crippen LogP contribution in [0.1, 0.15) is 0 Å². The summed E-state index contributed by atoms with van der Waals surface area (Å²) in [5.74, 6) is -0.968. The molecule has 0 atom stereocenters. The molecule has 0 saturated heterocycles. The highest BCUT2D eigenvalue weighted by atomic mass is 16.6. The Kier molecular flexibility index (Phi) is 7.92. The van der Waals surface area contributed by atoms with Crippen molar-refractivity contribution in [3.63, 3.8) is 0 Å². The molecule has 5 N–H and O–H groups in total. The summed E-state index contributed by atoms with van der Waals surface area (Å²) in [5.41, 5.74) is 4.57. The zero-order valence-electron chi connectivity index (χ0n) is 4.44. The van der Waals surface area contributed by atoms with Crippen LogP contribution in [-0.2, 0) is 4.79 Å². The number of carbonyl (C=O) groups is 2. The summed E-state index contributed by atoms with van der Waals surface area (Å²) >= 11 is 0. The molecule has 0 aliphatic carbocycles. The first kappa shape index (κ1) is 10.6. The van der Waals surface area contributed by atoms with Crippen LogP contribution < -0.4 is 5.73 Å². The Bertz CT molecular complexity index is 96.4. The molecular formula is C3H7NO5. The molecule has 0 aliphatic heterocycles. The lowest BCUT2D eigenvalue weighted by Gasteiger charge is -1.73. The van der Waals surface area contributed by atoms with Gasteiger partial charge in [0.1, 0.15) is 0 Å². The van der Waals surface area contributed by atoms with E-state index in [0.29, 0.717) is 0 Å². The minimum Gasteiger partial charge on any atom is -0.480 e. The van der Waals surface area contributed by atoms with Crippen LogP contribution in [-0.4, -0.2) is 34.0 Å². The molecule has 0 aromatic carbocycles. The summed E-state index contributed by atoms with van der Waals surface area (Å²) < 4.78 is 0. The van der Waals surface area contributed by atoms with Crippen LogP contribution in [0.2, 0.25) is 0 Å². The molecule has 9 heavy (non-hydrogen) atoms. The fraction of sp³-hybridized carbons (Fsp3) is 0.333. The number of aliphatic carboxylic acids is 1. The molecule has 0 radical (unpaired) electrons. The van der Waals surface area contributed by atoms with Crippen molar-refractivity contribution in [3.8, 4) is 0 Å². The first-order valence-electron chi connectivity index (χ1n) is 1.84. The number of carboxylic acids is 1. The van der Waals surface area contributed by atoms with E-state index in [1.165, 1.54) is 0 Å². The minimum atomic E-state index is -1.83. The van der Waals surface area contributed by atoms with Gasteiger partial charge in [0.25, 0.3) is 0 Å². The Labute approximate surface area is 50.5 Å². The second-order valence-corrected chi connectivity index (χ2v) is 0.880. The van der Waals surface area contributed by atoms with Gasteiger partial charge < -0.3 is 21.1 Å². The molecule has 54 valence electrons. The van der Waals surface area contributed by atoms with Gasteiger partial charge in [-0.2, -0.15) is 0 Å². The summed E-state index contributed by atoms with van der Waals surface area (Å²) in [4.78, 5) is 17.8. The van der Waals surface area contributed by atoms with E-state index in [2.05, 4.69) is 5.73 Å². The summed E-state index contributed by atoms with van der Waals surface area (Å²) in [6.45, 7) is -0.278. The highest BCUT2D eigenvalue weighted by Crippen LogP contribution is 1.44. The van der Waals surface area contributed by atoms with Crippen molar-refractivity contribution >= 4 is 12.1 Å². The van der Waals surface area contributed by atoms with Gasteiger partial charge in [-0.05, 0) is 0 Å². The molecule has 0 unspecified atom stereocenters. The van der Waals surface area contributed by atoms with Crippen LogP contribution >= 0.6 is 0 Å². The number of nitrogens with two attached hydrogens (primary N) is 1. The second kappa shape index (κ2) is 6.70. The molecule has 0 heterocycles. The minimum absolute atomic E-state index is 0.278. The van der Waals surface area contributed by atoms with E-state index in [0.717, 1.165) is 0 Å². The topological polar surface area (TPSA) is 121 Å². The summed E-state index contributed by atoms with van der Waals surface area (Å²) in [6, 6.07) is 0. The first-order chi connectivity index (χ1) is 4.00. The van der Waals surface area contributed by atoms with E-state index in [4.69, 9.17) is 20.1 Å². The molecule has 0 spiro atoms. The summed E-state index contributed by atoms with van der Waals surface area (Å²) in [6.07, 6.45) is -1.83. The maximum Gasteiger partial charge on any atom is 0.503 e. The average Bonchev–Trinajstić information content (AvgIpc) is 1.65. The highest BCUT2D eigenvalue weighted by Gasteiger charge is 1.81. The van der Waals surface area contributed by atoms with Gasteiger partial charge >= 0.3 is 12.1 Å². The van der Waals surface area contributed by atoms with Crippen LogP contribution in [0.5, 0.6) is 0 Å². The van der Waals surface area contributed by atoms with E-state index >= 15 is 0 Å². The molecular weight excluding hydrogens is 130 g/mol. The van der Waals surface area contributed by atoms with Crippen molar-refractivity contribution in [2.24, 2.45) is 5.73 Å². The van der Waals surface area contributed by atoms with Gasteiger partial charge in [0.2, 0.25) is 0 Å². The van der Waals surface area contributed by atoms with Crippen LogP contribution in [0.3, 0.4) is 0 Å². The zero-order valence-corrected chi connectivity index (χ0v) is 4.44. The monoisotopic (exact) mass is 137 g/mol. The molecule has 0 rings (SSSR count). The Morgan fingerprint density at radius 3 is 1.33 bits per heavy atom. The van der Waals surface area contributed by atoms with E-state index in [1.807, 2.05) is 0 Å². The molecule has 6 heteroatoms. The highest BCUT2D eigenvalue weighted by molar-refractivity contribution is 5.68. The normalized spacial score (nSPS) is 6.78. The standard InChI is InChI=1S/C2H5NO2.CH2O3/c3-1-2(4)5;2-1(3)4/h1,3H2,(H,4,5);(H2,2,3,4). The smallest absolute Gasteiger partial charge is 0.480 e. The summed E-state index contributed by atoms with van der Waals surface area (Å²) in [5, 5.41) is 21.5. The lowest BCUT2D eigenvalue weighted by molar-refractivity contribution is -0.135. The van der Waals surface area contributed by atoms with E-state index < -0.39 is 12.1 Å². The Hall–Kier alpha value is -1.30. The van der Waals surface area contributed by atoms with Crippen molar-refractivity contribution in [3.05, 3.63) is 0 Å². The maximum atomic E-state index is 9.24. The van der Waals surface area contributed by atoms with Crippen molar-refractivity contribution in [1.29, 1.82) is 0 Å². The zero-order chi connectivity index (χ0) is 7.86. The number of hydrogen-bond donors (Lipinski definition) is 4. The third-order valence-electron chi connectivity index (χ3n) is 0.175. The van der Waals surface area contributed by atoms with Crippen molar-refractivity contribution in [1.82, 2.24) is 0 Å². The quantitative estimate of drug-likeness (QED) is 0.377. The molecule has 0 fully saturated rings. The van der Waals surface area contributed by atoms with Crippen molar-refractivity contribution in [2.75, 3.05) is 6.54 Å². The molecule has 0 aliphatic rings. The second-order valence-electron chi connectivity index (χ2n) is 0.880. The predicted octanol–water partition coefficient (Wildman–Crippen LogP) is -0.748. The van der Waals surface area contributed by atoms with E-state index in [-0.39, 0.29) is 6.54 Å². The van der Waals surface area contributed by atoms with Crippen LogP contribution in [0.25, 0.3) is 0 Å². The Morgan fingerprint density at radius 1 is 1.22 bits per heavy atom. The van der Waals surface area contributed by atoms with Crippen LogP contribution in [0, 0.1) is 0 Å². The van der Waals surface area contributed by atoms with Crippen molar-refractivity contribution in [2.45, 2.75) is 0 Å². The SMILES string of the molecule is NCC(=O)O.O=C(O)O. The van der Waals surface area contributed by atoms with E-state index in [1.54, 1.807) is 0 Å². The van der Waals surface area contributed by atoms with Gasteiger partial charge in [0, 0.05) is 0 Å². The average molecular weight is 137 g/mol. The third kappa shape index (κ3) is 302. The van der Waals surface area contributed by atoms with E-state index in [9.17, 15) is 4.79 Å². The lowest BCUT2D eigenvalue weighted by atomic mass is 10.7. The largest absolute Gasteiger partial charge is 0.503 e. The van der Waals surface area contributed by atoms with Gasteiger partial charge in [-0.25, -0.2) is 4.79 Å². The maximum absolute atomic E-state index is 9.24. The fourth-order valence-electron chi connectivity index (χ4n) is 0. The number of carboxylic acid groups (broad SMARTS) is 3. The van der Waals surface area contributed by atoms with Gasteiger partial charge in [0.05, 0.1) is 6.54 Å². The predicted molar refractivity (Wildman–Crippen MR) is 27.3 cm³/mol. The molecule has 0 saturated carbocycles. The first-order valence-corrected chi connectivity index (χ1v) is 1.84. The molecule has 0 aromatic rings. The molecule has 0 bridgehead atoms. The van der Waals surface area contributed by atoms with Crippen LogP contribution in [0.4, 0.5) is 4.79 Å². The summed E-state index contributed by atoms with van der Waals surface area (Å²) in [7, 11) is 0. The fourth-order valence-corrected chi connectivity index (χ4v) is 0. The molecule has 0 aromatic heterocycles. The molecule has 0 amide bonds. The van der Waals surface area contributed by atoms with Gasteiger partial charge in [-0.15, -0.1) is 0 Å². The number of hydrogen-bond acceptors (Lipinski definition) is 3. The van der Waals surface area contributed by atoms with Gasteiger partial charge in [-0.3, -0.25) is 4.79 Å². The third-order valence-corrected chi connectivity index (χ3v) is 0.175. The Morgan fingerprint density at radius 2 is 1.33 bits per heavy atom. The van der Waals surface area contributed by atoms with Crippen molar-refractivity contribution < 1.29 is 24.9 Å². The van der Waals surface area contributed by atoms with Crippen LogP contribution in [0.15, 0.2) is 0 Å². The molecule has 6 nitrogen and oxygen atoms in total.